The highest BCUT2D eigenvalue weighted by Gasteiger charge is 2.14. The van der Waals surface area contributed by atoms with E-state index in [0.29, 0.717) is 5.69 Å². The van der Waals surface area contributed by atoms with Gasteiger partial charge in [-0.2, -0.15) is 0 Å². The molecule has 0 saturated heterocycles. The van der Waals surface area contributed by atoms with Crippen molar-refractivity contribution in [2.75, 3.05) is 4.90 Å². The van der Waals surface area contributed by atoms with E-state index in [4.69, 9.17) is 0 Å². The first-order valence-electron chi connectivity index (χ1n) is 7.62. The van der Waals surface area contributed by atoms with Crippen molar-refractivity contribution in [3.63, 3.8) is 0 Å². The van der Waals surface area contributed by atoms with Crippen LogP contribution in [0.5, 0.6) is 0 Å². The molecule has 0 fully saturated rings. The van der Waals surface area contributed by atoms with Crippen LogP contribution in [0, 0.1) is 18.6 Å². The van der Waals surface area contributed by atoms with Gasteiger partial charge in [-0.3, -0.25) is 0 Å². The van der Waals surface area contributed by atoms with Crippen molar-refractivity contribution in [2.24, 2.45) is 0 Å². The van der Waals surface area contributed by atoms with Crippen molar-refractivity contribution in [1.29, 1.82) is 0 Å². The van der Waals surface area contributed by atoms with E-state index < -0.39 is 11.6 Å². The molecule has 0 unspecified atom stereocenters. The van der Waals surface area contributed by atoms with Crippen LogP contribution in [0.25, 0.3) is 6.08 Å². The van der Waals surface area contributed by atoms with Gasteiger partial charge >= 0.3 is 0 Å². The summed E-state index contributed by atoms with van der Waals surface area (Å²) in [6, 6.07) is 19.0. The predicted molar refractivity (Wildman–Crippen MR) is 95.9 cm³/mol. The lowest BCUT2D eigenvalue weighted by Crippen LogP contribution is -2.10. The lowest BCUT2D eigenvalue weighted by atomic mass is 10.1. The first-order valence-corrected chi connectivity index (χ1v) is 7.62. The van der Waals surface area contributed by atoms with Gasteiger partial charge in [-0.15, -0.1) is 0 Å². The van der Waals surface area contributed by atoms with Gasteiger partial charge in [0.2, 0.25) is 0 Å². The molecule has 0 amide bonds. The Morgan fingerprint density at radius 2 is 1.46 bits per heavy atom. The summed E-state index contributed by atoms with van der Waals surface area (Å²) in [6.45, 7) is 5.72. The van der Waals surface area contributed by atoms with Gasteiger partial charge in [0.1, 0.15) is 11.6 Å². The fraction of sp³-hybridized carbons (Fsp3) is 0.0476. The number of anilines is 3. The van der Waals surface area contributed by atoms with E-state index in [1.165, 1.54) is 12.1 Å². The van der Waals surface area contributed by atoms with E-state index in [-0.39, 0.29) is 0 Å². The molecule has 0 aliphatic carbocycles. The van der Waals surface area contributed by atoms with Crippen molar-refractivity contribution in [2.45, 2.75) is 6.92 Å². The third kappa shape index (κ3) is 3.35. The van der Waals surface area contributed by atoms with Crippen molar-refractivity contribution in [3.8, 4) is 0 Å². The largest absolute Gasteiger partial charge is 0.310 e. The topological polar surface area (TPSA) is 3.24 Å². The number of aryl methyl sites for hydroxylation is 1. The molecule has 1 nitrogen and oxygen atoms in total. The fourth-order valence-electron chi connectivity index (χ4n) is 2.64. The molecule has 0 atom stereocenters. The first-order chi connectivity index (χ1) is 11.6. The maximum absolute atomic E-state index is 13.7. The minimum absolute atomic E-state index is 0.435. The molecular formula is C21H17F2N. The van der Waals surface area contributed by atoms with Crippen molar-refractivity contribution in [3.05, 3.63) is 96.1 Å². The van der Waals surface area contributed by atoms with E-state index >= 15 is 0 Å². The Labute approximate surface area is 140 Å². The third-order valence-electron chi connectivity index (χ3n) is 3.75. The smallest absolute Gasteiger partial charge is 0.128 e. The van der Waals surface area contributed by atoms with Gasteiger partial charge in [0.15, 0.2) is 0 Å². The van der Waals surface area contributed by atoms with Crippen LogP contribution in [0.4, 0.5) is 25.8 Å². The summed E-state index contributed by atoms with van der Waals surface area (Å²) in [4.78, 5) is 1.83. The van der Waals surface area contributed by atoms with Gasteiger partial charge in [0.25, 0.3) is 0 Å². The summed E-state index contributed by atoms with van der Waals surface area (Å²) in [5, 5.41) is 0. The Kier molecular flexibility index (Phi) is 4.43. The molecule has 0 heterocycles. The van der Waals surface area contributed by atoms with Crippen molar-refractivity contribution in [1.82, 2.24) is 0 Å². The highest BCUT2D eigenvalue weighted by Crippen LogP contribution is 2.35. The molecule has 0 aliphatic heterocycles. The molecule has 0 saturated carbocycles. The maximum Gasteiger partial charge on any atom is 0.128 e. The van der Waals surface area contributed by atoms with Crippen LogP contribution in [-0.4, -0.2) is 0 Å². The van der Waals surface area contributed by atoms with E-state index in [1.54, 1.807) is 6.08 Å². The molecule has 0 bridgehead atoms. The zero-order valence-electron chi connectivity index (χ0n) is 13.3. The first kappa shape index (κ1) is 15.9. The van der Waals surface area contributed by atoms with Crippen LogP contribution in [0.15, 0.2) is 73.3 Å². The summed E-state index contributed by atoms with van der Waals surface area (Å²) < 4.78 is 27.5. The Hall–Kier alpha value is -2.94. The number of rotatable bonds is 4. The summed E-state index contributed by atoms with van der Waals surface area (Å²) in [6.07, 6.45) is 1.75. The third-order valence-corrected chi connectivity index (χ3v) is 3.75. The fourth-order valence-corrected chi connectivity index (χ4v) is 2.64. The highest BCUT2D eigenvalue weighted by molar-refractivity contribution is 5.77. The molecular weight excluding hydrogens is 304 g/mol. The Morgan fingerprint density at radius 1 is 0.792 bits per heavy atom. The average molecular weight is 321 g/mol. The van der Waals surface area contributed by atoms with Crippen LogP contribution < -0.4 is 4.90 Å². The predicted octanol–water partition coefficient (Wildman–Crippen LogP) is 6.39. The molecule has 0 N–H and O–H groups in total. The van der Waals surface area contributed by atoms with Gasteiger partial charge in [-0.05, 0) is 54.4 Å². The van der Waals surface area contributed by atoms with Crippen molar-refractivity contribution >= 4 is 23.1 Å². The molecule has 3 aromatic carbocycles. The van der Waals surface area contributed by atoms with E-state index in [9.17, 15) is 8.78 Å². The summed E-state index contributed by atoms with van der Waals surface area (Å²) >= 11 is 0. The number of benzene rings is 3. The van der Waals surface area contributed by atoms with Gasteiger partial charge in [-0.1, -0.05) is 36.9 Å². The molecule has 3 rings (SSSR count). The Morgan fingerprint density at radius 3 is 2.04 bits per heavy atom. The standard InChI is InChI=1S/C21H17F2N/c1-3-16-7-9-19(10-8-16)24(20-6-4-5-15(2)11-20)21-13-17(22)12-18(23)14-21/h3-14H,1H2,2H3. The second-order valence-electron chi connectivity index (χ2n) is 5.60. The Bertz CT molecular complexity index is 849. The maximum atomic E-state index is 13.7. The SMILES string of the molecule is C=Cc1ccc(N(c2cccc(C)c2)c2cc(F)cc(F)c2)cc1. The number of halogens is 2. The monoisotopic (exact) mass is 321 g/mol. The molecule has 24 heavy (non-hydrogen) atoms. The normalized spacial score (nSPS) is 10.5. The molecule has 3 aromatic rings. The summed E-state index contributed by atoms with van der Waals surface area (Å²) in [7, 11) is 0. The summed E-state index contributed by atoms with van der Waals surface area (Å²) in [5.41, 5.74) is 4.14. The lowest BCUT2D eigenvalue weighted by molar-refractivity contribution is 0.584. The van der Waals surface area contributed by atoms with Gasteiger partial charge < -0.3 is 4.90 Å². The second kappa shape index (κ2) is 6.67. The second-order valence-corrected chi connectivity index (χ2v) is 5.60. The number of nitrogens with zero attached hydrogens (tertiary/aromatic N) is 1. The zero-order chi connectivity index (χ0) is 17.1. The number of hydrogen-bond acceptors (Lipinski definition) is 1. The van der Waals surface area contributed by atoms with Crippen LogP contribution in [0.1, 0.15) is 11.1 Å². The molecule has 0 spiro atoms. The van der Waals surface area contributed by atoms with Gasteiger partial charge in [0, 0.05) is 17.4 Å². The quantitative estimate of drug-likeness (QED) is 0.538. The highest BCUT2D eigenvalue weighted by atomic mass is 19.1. The molecule has 120 valence electrons. The molecule has 3 heteroatoms. The summed E-state index contributed by atoms with van der Waals surface area (Å²) in [5.74, 6) is -1.21. The zero-order valence-corrected chi connectivity index (χ0v) is 13.3. The van der Waals surface area contributed by atoms with E-state index in [0.717, 1.165) is 28.6 Å². The minimum atomic E-state index is -0.606. The molecule has 0 radical (unpaired) electrons. The van der Waals surface area contributed by atoms with E-state index in [2.05, 4.69) is 6.58 Å². The van der Waals surface area contributed by atoms with Gasteiger partial charge in [-0.25, -0.2) is 8.78 Å². The van der Waals surface area contributed by atoms with Crippen molar-refractivity contribution < 1.29 is 8.78 Å². The average Bonchev–Trinajstić information content (AvgIpc) is 2.55. The van der Waals surface area contributed by atoms with Crippen LogP contribution >= 0.6 is 0 Å². The number of hydrogen-bond donors (Lipinski definition) is 0. The van der Waals surface area contributed by atoms with Crippen LogP contribution in [0.2, 0.25) is 0 Å². The van der Waals surface area contributed by atoms with Crippen LogP contribution in [0.3, 0.4) is 0 Å². The minimum Gasteiger partial charge on any atom is -0.310 e. The Balaban J connectivity index is 2.17. The molecule has 0 aromatic heterocycles. The van der Waals surface area contributed by atoms with E-state index in [1.807, 2.05) is 60.4 Å². The van der Waals surface area contributed by atoms with Crippen LogP contribution in [-0.2, 0) is 0 Å². The lowest BCUT2D eigenvalue weighted by Gasteiger charge is -2.26. The molecule has 0 aliphatic rings. The van der Waals surface area contributed by atoms with Gasteiger partial charge in [0.05, 0.1) is 5.69 Å².